The van der Waals surface area contributed by atoms with Gasteiger partial charge in [0.05, 0.1) is 24.8 Å². The summed E-state index contributed by atoms with van der Waals surface area (Å²) in [5.74, 6) is -1.62. The molecule has 2 bridgehead atoms. The van der Waals surface area contributed by atoms with Crippen molar-refractivity contribution in [2.24, 2.45) is 0 Å². The Kier molecular flexibility index (Phi) is 5.82. The van der Waals surface area contributed by atoms with Crippen LogP contribution in [-0.4, -0.2) is 69.9 Å². The van der Waals surface area contributed by atoms with Crippen LogP contribution in [0, 0.1) is 0 Å². The lowest BCUT2D eigenvalue weighted by atomic mass is 9.83. The first-order chi connectivity index (χ1) is 14.8. The molecule has 2 fully saturated rings. The normalized spacial score (nSPS) is 32.1. The van der Waals surface area contributed by atoms with Gasteiger partial charge in [-0.2, -0.15) is 0 Å². The molecule has 4 N–H and O–H groups in total. The van der Waals surface area contributed by atoms with Gasteiger partial charge in [-0.15, -0.1) is 0 Å². The number of halogens is 1. The summed E-state index contributed by atoms with van der Waals surface area (Å²) < 4.78 is 16.9. The van der Waals surface area contributed by atoms with Crippen LogP contribution in [0.15, 0.2) is 42.5 Å². The average Bonchev–Trinajstić information content (AvgIpc) is 3.17. The molecule has 0 aromatic heterocycles. The predicted octanol–water partition coefficient (Wildman–Crippen LogP) is 0.997. The van der Waals surface area contributed by atoms with Crippen molar-refractivity contribution in [2.75, 3.05) is 19.8 Å². The zero-order valence-electron chi connectivity index (χ0n) is 16.7. The first kappa shape index (κ1) is 22.2. The van der Waals surface area contributed by atoms with E-state index in [0.29, 0.717) is 17.9 Å². The number of aliphatic hydroxyl groups excluding tert-OH is 4. The van der Waals surface area contributed by atoms with Gasteiger partial charge in [0.15, 0.2) is 5.78 Å². The molecule has 31 heavy (non-hydrogen) atoms. The van der Waals surface area contributed by atoms with Gasteiger partial charge in [0.1, 0.15) is 29.7 Å². The molecule has 2 aromatic carbocycles. The summed E-state index contributed by atoms with van der Waals surface area (Å²) in [6, 6.07) is 11.0. The Hall–Kier alpha value is -2.04. The second kappa shape index (κ2) is 8.14. The Morgan fingerprint density at radius 1 is 1.16 bits per heavy atom. The van der Waals surface area contributed by atoms with Gasteiger partial charge in [-0.1, -0.05) is 17.7 Å². The molecule has 0 aliphatic carbocycles. The van der Waals surface area contributed by atoms with Crippen LogP contribution in [0.1, 0.15) is 28.4 Å². The average molecular weight is 451 g/mol. The van der Waals surface area contributed by atoms with Crippen molar-refractivity contribution < 1.29 is 39.4 Å². The Labute approximate surface area is 183 Å². The number of fused-ring (bicyclic) bond motifs is 2. The lowest BCUT2D eigenvalue weighted by Crippen LogP contribution is -2.65. The largest absolute Gasteiger partial charge is 0.494 e. The van der Waals surface area contributed by atoms with Crippen LogP contribution >= 0.6 is 11.6 Å². The Morgan fingerprint density at radius 3 is 2.52 bits per heavy atom. The summed E-state index contributed by atoms with van der Waals surface area (Å²) in [4.78, 5) is 13.1. The maximum Gasteiger partial charge on any atom is 0.225 e. The molecule has 2 aromatic rings. The molecule has 166 valence electrons. The minimum Gasteiger partial charge on any atom is -0.494 e. The Morgan fingerprint density at radius 2 is 1.87 bits per heavy atom. The topological polar surface area (TPSA) is 126 Å². The molecule has 0 unspecified atom stereocenters. The highest BCUT2D eigenvalue weighted by Gasteiger charge is 2.67. The number of hydrogen-bond acceptors (Lipinski definition) is 8. The van der Waals surface area contributed by atoms with E-state index < -0.39 is 36.3 Å². The van der Waals surface area contributed by atoms with E-state index in [1.165, 1.54) is 18.2 Å². The highest BCUT2D eigenvalue weighted by Crippen LogP contribution is 2.49. The fourth-order valence-corrected chi connectivity index (χ4v) is 4.22. The van der Waals surface area contributed by atoms with Crippen LogP contribution in [0.5, 0.6) is 5.75 Å². The van der Waals surface area contributed by atoms with E-state index >= 15 is 0 Å². The zero-order valence-corrected chi connectivity index (χ0v) is 17.5. The Bertz CT molecular complexity index is 980. The molecular weight excluding hydrogens is 428 g/mol. The van der Waals surface area contributed by atoms with Crippen LogP contribution in [0.4, 0.5) is 0 Å². The molecule has 2 saturated heterocycles. The van der Waals surface area contributed by atoms with E-state index in [4.69, 9.17) is 25.8 Å². The highest BCUT2D eigenvalue weighted by atomic mass is 35.5. The van der Waals surface area contributed by atoms with Gasteiger partial charge in [0, 0.05) is 16.7 Å². The van der Waals surface area contributed by atoms with E-state index in [-0.39, 0.29) is 28.5 Å². The van der Waals surface area contributed by atoms with Crippen LogP contribution in [0.2, 0.25) is 5.02 Å². The summed E-state index contributed by atoms with van der Waals surface area (Å²) >= 11 is 6.28. The van der Waals surface area contributed by atoms with Crippen molar-refractivity contribution >= 4 is 17.4 Å². The smallest absolute Gasteiger partial charge is 0.225 e. The SMILES string of the molecule is CCOc1ccc(C(=O)c2cc([C@@]34OC[C@](CO)(O3)[C@@H](O)[C@H](O)[C@H]4O)ccc2Cl)cc1. The molecule has 0 saturated carbocycles. The molecule has 2 aliphatic rings. The van der Waals surface area contributed by atoms with Gasteiger partial charge in [-0.3, -0.25) is 4.79 Å². The van der Waals surface area contributed by atoms with Crippen LogP contribution < -0.4 is 4.74 Å². The second-order valence-corrected chi connectivity index (χ2v) is 8.05. The predicted molar refractivity (Wildman–Crippen MR) is 109 cm³/mol. The zero-order chi connectivity index (χ0) is 22.4. The molecule has 5 atom stereocenters. The molecule has 9 heteroatoms. The lowest BCUT2D eigenvalue weighted by molar-refractivity contribution is -0.329. The monoisotopic (exact) mass is 450 g/mol. The maximum absolute atomic E-state index is 13.1. The highest BCUT2D eigenvalue weighted by molar-refractivity contribution is 6.35. The van der Waals surface area contributed by atoms with E-state index in [2.05, 4.69) is 0 Å². The van der Waals surface area contributed by atoms with E-state index in [9.17, 15) is 25.2 Å². The number of carbonyl (C=O) groups is 1. The molecule has 0 radical (unpaired) electrons. The number of rotatable bonds is 6. The van der Waals surface area contributed by atoms with Crippen LogP contribution in [0.25, 0.3) is 0 Å². The summed E-state index contributed by atoms with van der Waals surface area (Å²) in [6.07, 6.45) is -4.86. The maximum atomic E-state index is 13.1. The number of ether oxygens (including phenoxy) is 3. The van der Waals surface area contributed by atoms with Gasteiger partial charge in [0.25, 0.3) is 0 Å². The minimum absolute atomic E-state index is 0.138. The summed E-state index contributed by atoms with van der Waals surface area (Å²) in [6.45, 7) is 1.47. The number of carbonyl (C=O) groups excluding carboxylic acids is 1. The molecule has 4 rings (SSSR count). The summed E-state index contributed by atoms with van der Waals surface area (Å²) in [5, 5.41) is 41.2. The standard InChI is InChI=1S/C22H23ClO8/c1-2-29-14-6-3-12(4-7-14)17(25)15-9-13(5-8-16(15)23)22-20(28)18(26)19(27)21(10-24,31-22)11-30-22/h3-9,18-20,24,26-28H,2,10-11H2,1H3/t18-,19-,20+,21-,22+/m0/s1. The van der Waals surface area contributed by atoms with E-state index in [1.54, 1.807) is 24.3 Å². The fraction of sp³-hybridized carbons (Fsp3) is 0.409. The molecule has 0 spiro atoms. The van der Waals surface area contributed by atoms with Gasteiger partial charge < -0.3 is 34.6 Å². The molecule has 0 amide bonds. The summed E-state index contributed by atoms with van der Waals surface area (Å²) in [7, 11) is 0. The van der Waals surface area contributed by atoms with Crippen LogP contribution in [-0.2, 0) is 15.3 Å². The van der Waals surface area contributed by atoms with Crippen LogP contribution in [0.3, 0.4) is 0 Å². The van der Waals surface area contributed by atoms with Crippen molar-refractivity contribution in [2.45, 2.75) is 36.6 Å². The van der Waals surface area contributed by atoms with Gasteiger partial charge in [-0.05, 0) is 43.3 Å². The van der Waals surface area contributed by atoms with Gasteiger partial charge in [0.2, 0.25) is 5.79 Å². The first-order valence-electron chi connectivity index (χ1n) is 9.85. The third kappa shape index (κ3) is 3.44. The number of benzene rings is 2. The lowest BCUT2D eigenvalue weighted by Gasteiger charge is -2.45. The molecule has 2 heterocycles. The van der Waals surface area contributed by atoms with E-state index in [1.807, 2.05) is 6.92 Å². The fourth-order valence-electron chi connectivity index (χ4n) is 4.02. The second-order valence-electron chi connectivity index (χ2n) is 7.64. The third-order valence-electron chi connectivity index (χ3n) is 5.77. The molecular formula is C22H23ClO8. The van der Waals surface area contributed by atoms with Crippen molar-refractivity contribution in [1.29, 1.82) is 0 Å². The minimum atomic E-state index is -1.88. The van der Waals surface area contributed by atoms with Crippen molar-refractivity contribution in [3.63, 3.8) is 0 Å². The number of ketones is 1. The number of hydrogen-bond donors (Lipinski definition) is 4. The summed E-state index contributed by atoms with van der Waals surface area (Å²) in [5.41, 5.74) is -0.867. The van der Waals surface area contributed by atoms with E-state index in [0.717, 1.165) is 0 Å². The van der Waals surface area contributed by atoms with Crippen molar-refractivity contribution in [3.8, 4) is 5.75 Å². The number of aliphatic hydroxyl groups is 4. The van der Waals surface area contributed by atoms with Crippen molar-refractivity contribution in [3.05, 3.63) is 64.2 Å². The molecule has 8 nitrogen and oxygen atoms in total. The van der Waals surface area contributed by atoms with Gasteiger partial charge in [-0.25, -0.2) is 0 Å². The molecule has 2 aliphatic heterocycles. The third-order valence-corrected chi connectivity index (χ3v) is 6.10. The Balaban J connectivity index is 1.72. The van der Waals surface area contributed by atoms with Gasteiger partial charge >= 0.3 is 0 Å². The quantitative estimate of drug-likeness (QED) is 0.480. The first-order valence-corrected chi connectivity index (χ1v) is 10.2. The van der Waals surface area contributed by atoms with Crippen molar-refractivity contribution in [1.82, 2.24) is 0 Å².